The molecule has 6 heteroatoms. The number of aromatic nitrogens is 4. The SMILES string of the molecule is CC1(C)[C@H]2CC[C@]1(C)/C(=N/[N-]c1nn[nH]n1)C2. The molecule has 17 heavy (non-hydrogen) atoms. The van der Waals surface area contributed by atoms with E-state index in [1.54, 1.807) is 0 Å². The van der Waals surface area contributed by atoms with Crippen molar-refractivity contribution < 1.29 is 0 Å². The Morgan fingerprint density at radius 2 is 2.24 bits per heavy atom. The Kier molecular flexibility index (Phi) is 2.06. The van der Waals surface area contributed by atoms with Crippen molar-refractivity contribution in [2.75, 3.05) is 0 Å². The zero-order valence-corrected chi connectivity index (χ0v) is 10.4. The Balaban J connectivity index is 1.84. The van der Waals surface area contributed by atoms with Crippen LogP contribution in [-0.4, -0.2) is 26.3 Å². The molecular weight excluding hydrogens is 216 g/mol. The maximum Gasteiger partial charge on any atom is 0.0830 e. The summed E-state index contributed by atoms with van der Waals surface area (Å²) in [5, 5.41) is 17.8. The average Bonchev–Trinajstić information content (AvgIpc) is 2.91. The van der Waals surface area contributed by atoms with Gasteiger partial charge in [-0.05, 0) is 30.6 Å². The molecule has 2 aliphatic carbocycles. The Morgan fingerprint density at radius 3 is 2.76 bits per heavy atom. The van der Waals surface area contributed by atoms with Crippen LogP contribution in [-0.2, 0) is 0 Å². The highest BCUT2D eigenvalue weighted by atomic mass is 15.5. The van der Waals surface area contributed by atoms with Gasteiger partial charge in [-0.15, -0.1) is 5.21 Å². The molecule has 0 aliphatic heterocycles. The van der Waals surface area contributed by atoms with Gasteiger partial charge in [0.2, 0.25) is 0 Å². The molecule has 2 fully saturated rings. The zero-order chi connectivity index (χ0) is 12.1. The summed E-state index contributed by atoms with van der Waals surface area (Å²) in [5.41, 5.74) is 5.76. The molecule has 0 aromatic carbocycles. The summed E-state index contributed by atoms with van der Waals surface area (Å²) in [6, 6.07) is 0. The lowest BCUT2D eigenvalue weighted by atomic mass is 9.70. The number of fused-ring (bicyclic) bond motifs is 2. The van der Waals surface area contributed by atoms with Gasteiger partial charge in [0.1, 0.15) is 0 Å². The second-order valence-electron chi connectivity index (χ2n) is 5.85. The molecule has 2 saturated carbocycles. The van der Waals surface area contributed by atoms with E-state index in [2.05, 4.69) is 51.9 Å². The molecule has 0 saturated heterocycles. The van der Waals surface area contributed by atoms with E-state index in [1.807, 2.05) is 0 Å². The number of nitrogens with zero attached hydrogens (tertiary/aromatic N) is 5. The van der Waals surface area contributed by atoms with Crippen molar-refractivity contribution in [1.29, 1.82) is 0 Å². The van der Waals surface area contributed by atoms with Crippen molar-refractivity contribution in [3.63, 3.8) is 0 Å². The smallest absolute Gasteiger partial charge is 0.0830 e. The predicted molar refractivity (Wildman–Crippen MR) is 63.9 cm³/mol. The molecule has 0 unspecified atom stereocenters. The molecule has 2 bridgehead atoms. The Morgan fingerprint density at radius 1 is 1.41 bits per heavy atom. The van der Waals surface area contributed by atoms with E-state index >= 15 is 0 Å². The van der Waals surface area contributed by atoms with Crippen LogP contribution < -0.4 is 0 Å². The number of rotatable bonds is 2. The standard InChI is InChI=1S/C11H17N6/c1-10(2)7-4-5-11(10,3)8(6-7)12-13-9-14-16-17-15-9/h7H,4-6H2,1-3H3,(H-,13,14,15,16,17)/q-1/b12-8+/t7-,11+/m0/s1. The van der Waals surface area contributed by atoms with Crippen LogP contribution in [0.4, 0.5) is 5.95 Å². The van der Waals surface area contributed by atoms with Crippen LogP contribution in [0, 0.1) is 16.7 Å². The van der Waals surface area contributed by atoms with Gasteiger partial charge in [-0.25, -0.2) is 5.10 Å². The quantitative estimate of drug-likeness (QED) is 0.796. The van der Waals surface area contributed by atoms with Crippen LogP contribution in [0.3, 0.4) is 0 Å². The fraction of sp³-hybridized carbons (Fsp3) is 0.818. The fourth-order valence-electron chi connectivity index (χ4n) is 3.38. The van der Waals surface area contributed by atoms with E-state index in [4.69, 9.17) is 0 Å². The number of hydrogen-bond donors (Lipinski definition) is 1. The first-order valence-corrected chi connectivity index (χ1v) is 6.05. The summed E-state index contributed by atoms with van der Waals surface area (Å²) >= 11 is 0. The molecule has 1 heterocycles. The molecule has 6 nitrogen and oxygen atoms in total. The first-order chi connectivity index (χ1) is 8.04. The Bertz CT molecular complexity index is 449. The van der Waals surface area contributed by atoms with E-state index in [9.17, 15) is 0 Å². The minimum Gasteiger partial charge on any atom is -0.277 e. The highest BCUT2D eigenvalue weighted by molar-refractivity contribution is 5.95. The minimum atomic E-state index is 0.185. The molecular formula is C11H17N6-. The molecule has 1 N–H and O–H groups in total. The Labute approximate surface area is 100 Å². The van der Waals surface area contributed by atoms with Gasteiger partial charge >= 0.3 is 0 Å². The Hall–Kier alpha value is -1.46. The van der Waals surface area contributed by atoms with Gasteiger partial charge in [0.15, 0.2) is 0 Å². The largest absolute Gasteiger partial charge is 0.277 e. The van der Waals surface area contributed by atoms with Crippen molar-refractivity contribution in [1.82, 2.24) is 20.6 Å². The molecule has 2 aliphatic rings. The second-order valence-corrected chi connectivity index (χ2v) is 5.85. The fourth-order valence-corrected chi connectivity index (χ4v) is 3.38. The molecule has 1 aromatic rings. The molecule has 2 atom stereocenters. The average molecular weight is 233 g/mol. The highest BCUT2D eigenvalue weighted by Crippen LogP contribution is 2.64. The van der Waals surface area contributed by atoms with Crippen molar-refractivity contribution in [3.8, 4) is 0 Å². The van der Waals surface area contributed by atoms with Crippen LogP contribution in [0.25, 0.3) is 5.43 Å². The molecule has 0 spiro atoms. The first kappa shape index (κ1) is 10.7. The molecule has 0 radical (unpaired) electrons. The van der Waals surface area contributed by atoms with Crippen molar-refractivity contribution in [2.45, 2.75) is 40.0 Å². The lowest BCUT2D eigenvalue weighted by Crippen LogP contribution is -2.32. The van der Waals surface area contributed by atoms with Crippen LogP contribution in [0.1, 0.15) is 40.0 Å². The summed E-state index contributed by atoms with van der Waals surface area (Å²) in [5.74, 6) is 1.05. The maximum atomic E-state index is 4.37. The first-order valence-electron chi connectivity index (χ1n) is 6.05. The van der Waals surface area contributed by atoms with E-state index in [0.29, 0.717) is 11.4 Å². The summed E-state index contributed by atoms with van der Waals surface area (Å²) in [6.07, 6.45) is 3.58. The van der Waals surface area contributed by atoms with Gasteiger partial charge in [-0.1, -0.05) is 20.8 Å². The van der Waals surface area contributed by atoms with E-state index < -0.39 is 0 Å². The number of nitrogens with one attached hydrogen (secondary N) is 1. The molecule has 92 valence electrons. The summed E-state index contributed by atoms with van der Waals surface area (Å²) in [6.45, 7) is 7.01. The summed E-state index contributed by atoms with van der Waals surface area (Å²) < 4.78 is 0. The van der Waals surface area contributed by atoms with Crippen molar-refractivity contribution in [3.05, 3.63) is 5.43 Å². The topological polar surface area (TPSA) is 80.9 Å². The predicted octanol–water partition coefficient (Wildman–Crippen LogP) is 2.41. The normalized spacial score (nSPS) is 36.6. The number of aromatic amines is 1. The molecule has 1 aromatic heterocycles. The lowest BCUT2D eigenvalue weighted by molar-refractivity contribution is 0.194. The number of H-pyrrole nitrogens is 1. The van der Waals surface area contributed by atoms with E-state index in [-0.39, 0.29) is 5.41 Å². The van der Waals surface area contributed by atoms with Crippen molar-refractivity contribution in [2.24, 2.45) is 21.8 Å². The second kappa shape index (κ2) is 3.27. The number of tetrazole rings is 1. The molecule has 0 amide bonds. The minimum absolute atomic E-state index is 0.185. The van der Waals surface area contributed by atoms with Crippen LogP contribution >= 0.6 is 0 Å². The maximum absolute atomic E-state index is 4.37. The highest BCUT2D eigenvalue weighted by Gasteiger charge is 2.59. The zero-order valence-electron chi connectivity index (χ0n) is 10.4. The third-order valence-corrected chi connectivity index (χ3v) is 5.11. The van der Waals surface area contributed by atoms with Crippen LogP contribution in [0.15, 0.2) is 5.10 Å². The summed E-state index contributed by atoms with van der Waals surface area (Å²) in [4.78, 5) is 0. The molecule has 3 rings (SSSR count). The summed E-state index contributed by atoms with van der Waals surface area (Å²) in [7, 11) is 0. The van der Waals surface area contributed by atoms with E-state index in [0.717, 1.165) is 12.3 Å². The number of hydrogen-bond acceptors (Lipinski definition) is 4. The van der Waals surface area contributed by atoms with Gasteiger partial charge in [0.05, 0.1) is 5.95 Å². The van der Waals surface area contributed by atoms with Crippen LogP contribution in [0.5, 0.6) is 0 Å². The van der Waals surface area contributed by atoms with Gasteiger partial charge in [0.25, 0.3) is 0 Å². The lowest BCUT2D eigenvalue weighted by Gasteiger charge is -2.34. The van der Waals surface area contributed by atoms with Gasteiger partial charge in [0, 0.05) is 11.1 Å². The van der Waals surface area contributed by atoms with Crippen molar-refractivity contribution >= 4 is 11.7 Å². The van der Waals surface area contributed by atoms with E-state index in [1.165, 1.54) is 18.6 Å². The van der Waals surface area contributed by atoms with Crippen LogP contribution in [0.2, 0.25) is 0 Å². The third-order valence-electron chi connectivity index (χ3n) is 5.11. The van der Waals surface area contributed by atoms with Gasteiger partial charge in [-0.3, -0.25) is 20.8 Å². The third kappa shape index (κ3) is 1.33. The van der Waals surface area contributed by atoms with Gasteiger partial charge < -0.3 is 0 Å². The van der Waals surface area contributed by atoms with Gasteiger partial charge in [-0.2, -0.15) is 0 Å². The monoisotopic (exact) mass is 233 g/mol.